The van der Waals surface area contributed by atoms with Gasteiger partial charge in [0.15, 0.2) is 17.1 Å². The molecule has 0 bridgehead atoms. The number of aromatic nitrogens is 4. The summed E-state index contributed by atoms with van der Waals surface area (Å²) in [7, 11) is 1.75. The molecule has 0 aliphatic heterocycles. The molecule has 2 aromatic heterocycles. The summed E-state index contributed by atoms with van der Waals surface area (Å²) in [6.07, 6.45) is 1.37. The average molecular weight is 287 g/mol. The monoisotopic (exact) mass is 287 g/mol. The van der Waals surface area contributed by atoms with Crippen LogP contribution >= 0.6 is 0 Å². The second-order valence-corrected chi connectivity index (χ2v) is 4.13. The highest BCUT2D eigenvalue weighted by molar-refractivity contribution is 5.98. The topological polar surface area (TPSA) is 110 Å². The third-order valence-corrected chi connectivity index (χ3v) is 2.90. The first-order chi connectivity index (χ1) is 10.1. The Kier molecular flexibility index (Phi) is 3.93. The Labute approximate surface area is 121 Å². The molecule has 3 aromatic rings. The highest BCUT2D eigenvalue weighted by Crippen LogP contribution is 2.34. The molecule has 1 aromatic carbocycles. The van der Waals surface area contributed by atoms with Crippen molar-refractivity contribution in [3.05, 3.63) is 24.5 Å². The quantitative estimate of drug-likeness (QED) is 0.591. The summed E-state index contributed by atoms with van der Waals surface area (Å²) < 4.78 is 1.59. The van der Waals surface area contributed by atoms with Crippen molar-refractivity contribution in [3.8, 4) is 22.8 Å². The van der Waals surface area contributed by atoms with E-state index in [0.29, 0.717) is 28.1 Å². The maximum absolute atomic E-state index is 9.56. The van der Waals surface area contributed by atoms with E-state index in [9.17, 15) is 10.2 Å². The summed E-state index contributed by atoms with van der Waals surface area (Å²) in [5, 5.41) is 23.9. The van der Waals surface area contributed by atoms with Gasteiger partial charge in [0.05, 0.1) is 5.39 Å². The summed E-state index contributed by atoms with van der Waals surface area (Å²) in [6, 6.07) is 4.46. The lowest BCUT2D eigenvalue weighted by Crippen LogP contribution is -1.95. The molecule has 7 nitrogen and oxygen atoms in total. The molecule has 2 heterocycles. The number of benzene rings is 1. The SMILES string of the molecule is CC.Cn1nc(-c2ccc(O)c(O)c2)c2c(N)ncnc21. The van der Waals surface area contributed by atoms with Gasteiger partial charge >= 0.3 is 0 Å². The third kappa shape index (κ3) is 2.45. The first-order valence-electron chi connectivity index (χ1n) is 6.53. The van der Waals surface area contributed by atoms with E-state index in [0.717, 1.165) is 0 Å². The summed E-state index contributed by atoms with van der Waals surface area (Å²) in [5.41, 5.74) is 7.65. The Balaban J connectivity index is 0.000000774. The fourth-order valence-electron chi connectivity index (χ4n) is 1.98. The normalized spacial score (nSPS) is 10.2. The number of nitrogens with two attached hydrogens (primary N) is 1. The third-order valence-electron chi connectivity index (χ3n) is 2.90. The molecule has 0 saturated heterocycles. The molecule has 3 rings (SSSR count). The van der Waals surface area contributed by atoms with E-state index < -0.39 is 0 Å². The minimum Gasteiger partial charge on any atom is -0.504 e. The zero-order valence-electron chi connectivity index (χ0n) is 12.1. The highest BCUT2D eigenvalue weighted by Gasteiger charge is 2.16. The first kappa shape index (κ1) is 14.6. The minimum atomic E-state index is -0.216. The van der Waals surface area contributed by atoms with Crippen LogP contribution in [0.25, 0.3) is 22.3 Å². The van der Waals surface area contributed by atoms with Gasteiger partial charge < -0.3 is 15.9 Å². The number of aryl methyl sites for hydroxylation is 1. The van der Waals surface area contributed by atoms with E-state index in [4.69, 9.17) is 5.73 Å². The molecule has 4 N–H and O–H groups in total. The Morgan fingerprint density at radius 1 is 1.10 bits per heavy atom. The number of nitrogens with zero attached hydrogens (tertiary/aromatic N) is 4. The van der Waals surface area contributed by atoms with Gasteiger partial charge in [0.25, 0.3) is 0 Å². The standard InChI is InChI=1S/C12H11N5O2.C2H6/c1-17-12-9(11(13)14-5-15-12)10(16-17)6-2-3-7(18)8(19)4-6;1-2/h2-5,18-19H,1H3,(H2,13,14,15);1-2H3. The van der Waals surface area contributed by atoms with Gasteiger partial charge in [-0.3, -0.25) is 0 Å². The number of hydrogen-bond donors (Lipinski definition) is 3. The molecule has 0 unspecified atom stereocenters. The molecule has 0 spiro atoms. The number of rotatable bonds is 1. The van der Waals surface area contributed by atoms with Crippen LogP contribution in [-0.4, -0.2) is 30.0 Å². The van der Waals surface area contributed by atoms with Gasteiger partial charge in [0, 0.05) is 12.6 Å². The second-order valence-electron chi connectivity index (χ2n) is 4.13. The summed E-state index contributed by atoms with van der Waals surface area (Å²) >= 11 is 0. The number of aromatic hydroxyl groups is 2. The number of phenolic OH excluding ortho intramolecular Hbond substituents is 2. The van der Waals surface area contributed by atoms with Crippen molar-refractivity contribution in [2.75, 3.05) is 5.73 Å². The van der Waals surface area contributed by atoms with E-state index in [1.165, 1.54) is 18.5 Å². The van der Waals surface area contributed by atoms with Crippen LogP contribution in [0, 0.1) is 0 Å². The van der Waals surface area contributed by atoms with Crippen molar-refractivity contribution < 1.29 is 10.2 Å². The molecule has 0 saturated carbocycles. The van der Waals surface area contributed by atoms with E-state index >= 15 is 0 Å². The van der Waals surface area contributed by atoms with Gasteiger partial charge in [0.2, 0.25) is 0 Å². The predicted octanol–water partition coefficient (Wildman–Crippen LogP) is 2.05. The lowest BCUT2D eigenvalue weighted by atomic mass is 10.1. The molecule has 0 aliphatic rings. The zero-order chi connectivity index (χ0) is 15.6. The number of fused-ring (bicyclic) bond motifs is 1. The average Bonchev–Trinajstić information content (AvgIpc) is 2.83. The number of nitrogen functional groups attached to an aromatic ring is 1. The molecular formula is C14H17N5O2. The molecule has 21 heavy (non-hydrogen) atoms. The summed E-state index contributed by atoms with van der Waals surface area (Å²) in [6.45, 7) is 4.00. The summed E-state index contributed by atoms with van der Waals surface area (Å²) in [4.78, 5) is 8.07. The molecule has 0 atom stereocenters. The minimum absolute atomic E-state index is 0.187. The Bertz CT molecular complexity index is 782. The fourth-order valence-corrected chi connectivity index (χ4v) is 1.98. The maximum Gasteiger partial charge on any atom is 0.163 e. The van der Waals surface area contributed by atoms with Gasteiger partial charge in [-0.1, -0.05) is 13.8 Å². The van der Waals surface area contributed by atoms with Crippen LogP contribution in [0.2, 0.25) is 0 Å². The van der Waals surface area contributed by atoms with Crippen molar-refractivity contribution in [3.63, 3.8) is 0 Å². The van der Waals surface area contributed by atoms with Crippen LogP contribution in [0.1, 0.15) is 13.8 Å². The lowest BCUT2D eigenvalue weighted by Gasteiger charge is -2.02. The van der Waals surface area contributed by atoms with Crippen LogP contribution in [0.3, 0.4) is 0 Å². The van der Waals surface area contributed by atoms with Crippen LogP contribution in [0.15, 0.2) is 24.5 Å². The van der Waals surface area contributed by atoms with Gasteiger partial charge in [-0.2, -0.15) is 5.10 Å². The molecule has 110 valence electrons. The van der Waals surface area contributed by atoms with Crippen molar-refractivity contribution in [1.82, 2.24) is 19.7 Å². The van der Waals surface area contributed by atoms with Crippen molar-refractivity contribution in [2.24, 2.45) is 7.05 Å². The molecular weight excluding hydrogens is 270 g/mol. The summed E-state index contributed by atoms with van der Waals surface area (Å²) in [5.74, 6) is -0.0828. The highest BCUT2D eigenvalue weighted by atomic mass is 16.3. The maximum atomic E-state index is 9.56. The number of hydrogen-bond acceptors (Lipinski definition) is 6. The molecule has 0 amide bonds. The number of anilines is 1. The van der Waals surface area contributed by atoms with Crippen molar-refractivity contribution in [2.45, 2.75) is 13.8 Å². The first-order valence-corrected chi connectivity index (χ1v) is 6.53. The van der Waals surface area contributed by atoms with E-state index in [2.05, 4.69) is 15.1 Å². The van der Waals surface area contributed by atoms with Gasteiger partial charge in [-0.25, -0.2) is 14.6 Å². The molecule has 0 radical (unpaired) electrons. The Morgan fingerprint density at radius 2 is 1.81 bits per heavy atom. The zero-order valence-corrected chi connectivity index (χ0v) is 12.1. The molecule has 7 heteroatoms. The van der Waals surface area contributed by atoms with E-state index in [-0.39, 0.29) is 11.5 Å². The van der Waals surface area contributed by atoms with Gasteiger partial charge in [-0.05, 0) is 18.2 Å². The van der Waals surface area contributed by atoms with Crippen LogP contribution < -0.4 is 5.73 Å². The van der Waals surface area contributed by atoms with E-state index in [1.54, 1.807) is 17.8 Å². The van der Waals surface area contributed by atoms with Crippen LogP contribution in [0.5, 0.6) is 11.5 Å². The Morgan fingerprint density at radius 3 is 2.48 bits per heavy atom. The van der Waals surface area contributed by atoms with E-state index in [1.807, 2.05) is 13.8 Å². The smallest absolute Gasteiger partial charge is 0.163 e. The van der Waals surface area contributed by atoms with Crippen LogP contribution in [0.4, 0.5) is 5.82 Å². The number of phenols is 2. The van der Waals surface area contributed by atoms with Gasteiger partial charge in [0.1, 0.15) is 17.8 Å². The van der Waals surface area contributed by atoms with Crippen molar-refractivity contribution in [1.29, 1.82) is 0 Å². The van der Waals surface area contributed by atoms with Crippen LogP contribution in [-0.2, 0) is 7.05 Å². The molecule has 0 aliphatic carbocycles. The predicted molar refractivity (Wildman–Crippen MR) is 80.8 cm³/mol. The van der Waals surface area contributed by atoms with Crippen molar-refractivity contribution >= 4 is 16.9 Å². The molecule has 0 fully saturated rings. The largest absolute Gasteiger partial charge is 0.504 e. The Hall–Kier alpha value is -2.83. The second kappa shape index (κ2) is 5.66. The lowest BCUT2D eigenvalue weighted by molar-refractivity contribution is 0.404. The van der Waals surface area contributed by atoms with Gasteiger partial charge in [-0.15, -0.1) is 0 Å². The fraction of sp³-hybridized carbons (Fsp3) is 0.214.